The van der Waals surface area contributed by atoms with E-state index in [-0.39, 0.29) is 59.5 Å². The summed E-state index contributed by atoms with van der Waals surface area (Å²) in [5.74, 6) is -3.02. The van der Waals surface area contributed by atoms with E-state index in [1.807, 2.05) is 27.2 Å². The molecule has 1 aromatic carbocycles. The number of hydroxylamine groups is 1. The monoisotopic (exact) mass is 1220 g/mol. The number of allylic oxidation sites excluding steroid dienone is 1. The largest absolute Gasteiger partial charge is 0.472 e. The van der Waals surface area contributed by atoms with Crippen LogP contribution in [0.2, 0.25) is 0 Å². The van der Waals surface area contributed by atoms with E-state index >= 15 is 0 Å². The van der Waals surface area contributed by atoms with Gasteiger partial charge < -0.3 is 29.6 Å². The van der Waals surface area contributed by atoms with Crippen molar-refractivity contribution in [2.24, 2.45) is 10.1 Å². The highest BCUT2D eigenvalue weighted by Crippen LogP contribution is 2.43. The standard InChI is InChI=1S/C54H94BrFN9O12PS/c1-6-8-10-12-14-16-18-20-22-24-26-28-30-32-48(47(43-74-78(69,70)73-41-40-65(3,4)5)61-49(66)33-31-29-27-25-23-21-19-17-15-13-11-9-7-2)75-50(67)36-37-51(68)76-63-54(60-44-34-35-46(56)45(55)42-44)52-53(64-77-62-52)58-38-39-59-79(57,71)72/h30,32,34-35,42,47-48,59H,6-29,31,33,36-41,43H2,1-5H3,(H5-,57,58,60,61,63,64,66,69,70,71,72)/p+1/b32-30+/t47-,48+/m0/s1. The number of anilines is 1. The molecular weight excluding hydrogens is 1130 g/mol. The van der Waals surface area contributed by atoms with Crippen LogP contribution in [0, 0.1) is 5.82 Å². The van der Waals surface area contributed by atoms with Gasteiger partial charge in [-0.3, -0.25) is 18.6 Å². The molecule has 7 N–H and O–H groups in total. The van der Waals surface area contributed by atoms with Gasteiger partial charge in [-0.15, -0.1) is 0 Å². The van der Waals surface area contributed by atoms with Crippen molar-refractivity contribution in [2.45, 2.75) is 206 Å². The number of carbonyl (C=O) groups excluding carboxylic acids is 3. The molecule has 3 atom stereocenters. The number of esters is 1. The molecule has 0 aliphatic rings. The summed E-state index contributed by atoms with van der Waals surface area (Å²) in [6.45, 7) is 4.04. The highest BCUT2D eigenvalue weighted by atomic mass is 79.9. The first-order valence-electron chi connectivity index (χ1n) is 28.6. The van der Waals surface area contributed by atoms with Crippen molar-refractivity contribution in [3.63, 3.8) is 0 Å². The van der Waals surface area contributed by atoms with Crippen LogP contribution in [0.5, 0.6) is 0 Å². The lowest BCUT2D eigenvalue weighted by molar-refractivity contribution is -0.870. The van der Waals surface area contributed by atoms with Crippen molar-refractivity contribution >= 4 is 69.1 Å². The number of rotatable bonds is 47. The van der Waals surface area contributed by atoms with E-state index in [4.69, 9.17) is 28.4 Å². The summed E-state index contributed by atoms with van der Waals surface area (Å²) in [6, 6.07) is 2.69. The molecule has 1 unspecified atom stereocenters. The molecule has 25 heteroatoms. The Labute approximate surface area is 478 Å². The third-order valence-corrected chi connectivity index (χ3v) is 14.8. The van der Waals surface area contributed by atoms with Crippen LogP contribution in [0.4, 0.5) is 15.9 Å². The van der Waals surface area contributed by atoms with E-state index in [1.165, 1.54) is 108 Å². The maximum atomic E-state index is 14.1. The Morgan fingerprint density at radius 3 is 1.92 bits per heavy atom. The molecule has 0 saturated carbocycles. The molecule has 21 nitrogen and oxygen atoms in total. The Hall–Kier alpha value is -3.87. The van der Waals surface area contributed by atoms with Crippen molar-refractivity contribution in [3.05, 3.63) is 46.3 Å². The third-order valence-electron chi connectivity index (χ3n) is 12.6. The van der Waals surface area contributed by atoms with E-state index < -0.39 is 67.4 Å². The average molecular weight is 1220 g/mol. The maximum Gasteiger partial charge on any atom is 0.472 e. The lowest BCUT2D eigenvalue weighted by Crippen LogP contribution is -2.47. The fourth-order valence-electron chi connectivity index (χ4n) is 8.07. The number of nitrogens with one attached hydrogen (secondary N) is 4. The number of carbonyl (C=O) groups is 3. The first-order chi connectivity index (χ1) is 37.7. The van der Waals surface area contributed by atoms with Gasteiger partial charge in [-0.05, 0) is 69.8 Å². The van der Waals surface area contributed by atoms with Crippen LogP contribution in [0.25, 0.3) is 0 Å². The topological polar surface area (TPSA) is 285 Å². The summed E-state index contributed by atoms with van der Waals surface area (Å²) in [5, 5.41) is 18.3. The molecule has 0 aliphatic carbocycles. The van der Waals surface area contributed by atoms with Gasteiger partial charge in [0.2, 0.25) is 11.7 Å². The van der Waals surface area contributed by atoms with E-state index in [0.717, 1.165) is 57.4 Å². The smallest absolute Gasteiger partial charge is 0.456 e. The number of amidine groups is 1. The number of ether oxygens (including phenoxy) is 1. The number of halogens is 2. The fraction of sp³-hybridized carbons (Fsp3) is 0.741. The Kier molecular flexibility index (Phi) is 37.9. The number of unbranched alkanes of at least 4 members (excludes halogenated alkanes) is 23. The van der Waals surface area contributed by atoms with Crippen molar-refractivity contribution in [2.75, 3.05) is 59.3 Å². The number of quaternary nitrogens is 1. The zero-order valence-corrected chi connectivity index (χ0v) is 51.1. The van der Waals surface area contributed by atoms with Gasteiger partial charge in [-0.2, -0.15) is 13.9 Å². The molecular formula is C54H95BrFN9O12PS+. The summed E-state index contributed by atoms with van der Waals surface area (Å²) in [7, 11) is -2.90. The zero-order chi connectivity index (χ0) is 58.2. The van der Waals surface area contributed by atoms with E-state index in [0.29, 0.717) is 23.9 Å². The van der Waals surface area contributed by atoms with Crippen LogP contribution in [-0.4, -0.2) is 118 Å². The Morgan fingerprint density at radius 1 is 0.810 bits per heavy atom. The number of aliphatic imine (C=N–C) groups is 1. The number of phosphoric acid groups is 1. The average Bonchev–Trinajstić information content (AvgIpc) is 3.89. The molecule has 2 rings (SSSR count). The van der Waals surface area contributed by atoms with Crippen molar-refractivity contribution < 1.29 is 64.4 Å². The predicted molar refractivity (Wildman–Crippen MR) is 310 cm³/mol. The van der Waals surface area contributed by atoms with Crippen LogP contribution in [-0.2, 0) is 47.8 Å². The number of nitrogens with two attached hydrogens (primary N) is 1. The summed E-state index contributed by atoms with van der Waals surface area (Å²) in [6.07, 6.45) is 29.9. The molecule has 0 fully saturated rings. The number of amides is 1. The SMILES string of the molecule is CCCCCCCCCCCCC/C=C/[C@@H](OC(=O)CCC(=O)ONC(=Nc1ccc(F)c(Br)c1)c1nonc1NCCNS(N)(=O)=O)[C@H](COP(=O)(O)OCC[N+](C)(C)C)NC(=O)CCCCCCCCCCCCCCC. The first-order valence-corrected chi connectivity index (χ1v) is 32.5. The molecule has 2 aromatic rings. The lowest BCUT2D eigenvalue weighted by Gasteiger charge is -2.27. The molecule has 0 radical (unpaired) electrons. The molecule has 1 aromatic heterocycles. The van der Waals surface area contributed by atoms with E-state index in [9.17, 15) is 36.7 Å². The third kappa shape index (κ3) is 37.7. The molecule has 0 bridgehead atoms. The number of benzene rings is 1. The highest BCUT2D eigenvalue weighted by molar-refractivity contribution is 9.10. The first kappa shape index (κ1) is 71.2. The molecule has 1 amide bonds. The van der Waals surface area contributed by atoms with Crippen LogP contribution in [0.1, 0.15) is 199 Å². The van der Waals surface area contributed by atoms with Gasteiger partial charge in [0.15, 0.2) is 11.5 Å². The molecule has 79 heavy (non-hydrogen) atoms. The second-order valence-corrected chi connectivity index (χ2v) is 24.6. The minimum absolute atomic E-state index is 0.0371. The predicted octanol–water partition coefficient (Wildman–Crippen LogP) is 11.1. The Morgan fingerprint density at radius 2 is 1.37 bits per heavy atom. The lowest BCUT2D eigenvalue weighted by atomic mass is 10.0. The van der Waals surface area contributed by atoms with Crippen molar-refractivity contribution in [1.82, 2.24) is 25.8 Å². The minimum atomic E-state index is -4.64. The van der Waals surface area contributed by atoms with Gasteiger partial charge in [-0.1, -0.05) is 161 Å². The Balaban J connectivity index is 2.23. The molecule has 0 saturated heterocycles. The molecule has 0 aliphatic heterocycles. The number of aromatic nitrogens is 2. The van der Waals surface area contributed by atoms with Crippen LogP contribution >= 0.6 is 23.8 Å². The Bertz CT molecular complexity index is 2240. The van der Waals surface area contributed by atoms with Gasteiger partial charge >= 0.3 is 19.8 Å². The summed E-state index contributed by atoms with van der Waals surface area (Å²) < 4.78 is 74.2. The highest BCUT2D eigenvalue weighted by Gasteiger charge is 2.31. The zero-order valence-electron chi connectivity index (χ0n) is 47.8. The van der Waals surface area contributed by atoms with Crippen molar-refractivity contribution in [1.29, 1.82) is 0 Å². The van der Waals surface area contributed by atoms with Crippen LogP contribution in [0.3, 0.4) is 0 Å². The summed E-state index contributed by atoms with van der Waals surface area (Å²) >= 11 is 3.11. The maximum absolute atomic E-state index is 14.1. The molecule has 452 valence electrons. The van der Waals surface area contributed by atoms with Gasteiger partial charge in [0.05, 0.1) is 56.8 Å². The van der Waals surface area contributed by atoms with Gasteiger partial charge in [0.1, 0.15) is 25.1 Å². The van der Waals surface area contributed by atoms with Crippen LogP contribution in [0.15, 0.2) is 44.4 Å². The number of hydrogen-bond acceptors (Lipinski definition) is 15. The number of nitrogens with zero attached hydrogens (tertiary/aromatic N) is 4. The van der Waals surface area contributed by atoms with E-state index in [1.54, 1.807) is 6.08 Å². The van der Waals surface area contributed by atoms with Gasteiger partial charge in [-0.25, -0.2) is 33.2 Å². The van der Waals surface area contributed by atoms with Gasteiger partial charge in [0.25, 0.3) is 10.2 Å². The van der Waals surface area contributed by atoms with E-state index in [2.05, 4.69) is 65.9 Å². The quantitative estimate of drug-likeness (QED) is 0.00525. The van der Waals surface area contributed by atoms with Crippen molar-refractivity contribution in [3.8, 4) is 0 Å². The molecule has 1 heterocycles. The second-order valence-electron chi connectivity index (χ2n) is 20.9. The summed E-state index contributed by atoms with van der Waals surface area (Å²) in [4.78, 5) is 60.9. The van der Waals surface area contributed by atoms with Gasteiger partial charge in [0, 0.05) is 19.5 Å². The number of likely N-dealkylation sites (N-methyl/N-ethyl adjacent to an activating group) is 1. The van der Waals surface area contributed by atoms with Crippen LogP contribution < -0.4 is 26.0 Å². The molecule has 0 spiro atoms. The number of hydrogen-bond donors (Lipinski definition) is 6. The fourth-order valence-corrected chi connectivity index (χ4v) is 9.56. The second kappa shape index (κ2) is 42.0. The normalized spacial score (nSPS) is 13.8. The number of phosphoric ester groups is 1. The summed E-state index contributed by atoms with van der Waals surface area (Å²) in [5.41, 5.74) is 2.45. The minimum Gasteiger partial charge on any atom is -0.456 e.